The molecule has 2 aromatic rings. The second-order valence-corrected chi connectivity index (χ2v) is 6.19. The summed E-state index contributed by atoms with van der Waals surface area (Å²) in [6.07, 6.45) is -4.53. The Kier molecular flexibility index (Phi) is 4.63. The molecule has 2 heterocycles. The van der Waals surface area contributed by atoms with Crippen molar-refractivity contribution in [3.8, 4) is 23.5 Å². The van der Waals surface area contributed by atoms with Crippen molar-refractivity contribution in [1.29, 1.82) is 10.5 Å². The zero-order chi connectivity index (χ0) is 19.8. The van der Waals surface area contributed by atoms with Crippen molar-refractivity contribution in [2.24, 2.45) is 10.9 Å². The first-order valence-corrected chi connectivity index (χ1v) is 8.10. The number of aliphatic imine (C=N–C) groups is 1. The molecule has 0 spiro atoms. The Morgan fingerprint density at radius 3 is 2.41 bits per heavy atom. The van der Waals surface area contributed by atoms with Crippen LogP contribution in [0.3, 0.4) is 0 Å². The molecule has 0 aliphatic carbocycles. The molecule has 4 nitrogen and oxygen atoms in total. The molecule has 0 amide bonds. The van der Waals surface area contributed by atoms with E-state index < -0.39 is 23.6 Å². The fourth-order valence-electron chi connectivity index (χ4n) is 3.26. The zero-order valence-corrected chi connectivity index (χ0v) is 14.5. The van der Waals surface area contributed by atoms with Gasteiger partial charge in [0.25, 0.3) is 0 Å². The summed E-state index contributed by atoms with van der Waals surface area (Å²) in [7, 11) is 0. The molecular formula is C20H14F3N3O. The van der Waals surface area contributed by atoms with E-state index in [1.54, 1.807) is 13.8 Å². The second-order valence-electron chi connectivity index (χ2n) is 6.19. The molecule has 0 N–H and O–H groups in total. The predicted octanol–water partition coefficient (Wildman–Crippen LogP) is 5.46. The number of nitrogens with zero attached hydrogens (tertiary/aromatic N) is 3. The molecule has 1 aromatic carbocycles. The Morgan fingerprint density at radius 2 is 1.78 bits per heavy atom. The van der Waals surface area contributed by atoms with E-state index in [2.05, 4.69) is 17.1 Å². The van der Waals surface area contributed by atoms with Crippen LogP contribution in [0, 0.1) is 28.6 Å². The Morgan fingerprint density at radius 1 is 1.07 bits per heavy atom. The summed E-state index contributed by atoms with van der Waals surface area (Å²) in [6, 6.07) is 12.2. The average molecular weight is 369 g/mol. The van der Waals surface area contributed by atoms with Crippen molar-refractivity contribution in [2.75, 3.05) is 0 Å². The Bertz CT molecular complexity index is 1030. The third-order valence-electron chi connectivity index (χ3n) is 4.52. The number of hydrogen-bond acceptors (Lipinski definition) is 4. The Balaban J connectivity index is 2.11. The van der Waals surface area contributed by atoms with Crippen molar-refractivity contribution in [3.05, 3.63) is 59.0 Å². The van der Waals surface area contributed by atoms with Crippen LogP contribution in [0.5, 0.6) is 0 Å². The van der Waals surface area contributed by atoms with Gasteiger partial charge in [-0.15, -0.1) is 0 Å². The van der Waals surface area contributed by atoms with Crippen LogP contribution < -0.4 is 0 Å². The van der Waals surface area contributed by atoms with Crippen LogP contribution in [0.15, 0.2) is 57.1 Å². The van der Waals surface area contributed by atoms with E-state index in [1.165, 1.54) is 30.3 Å². The molecule has 2 unspecified atom stereocenters. The van der Waals surface area contributed by atoms with Gasteiger partial charge in [0.05, 0.1) is 40.8 Å². The lowest BCUT2D eigenvalue weighted by atomic mass is 9.80. The molecule has 2 atom stereocenters. The molecule has 3 rings (SSSR count). The SMILES string of the molecule is CC1=NC(C)=C(C#N)C(c2ccc(-c3ccccc3C(F)(F)F)o2)C1C#N. The molecule has 0 saturated carbocycles. The van der Waals surface area contributed by atoms with Gasteiger partial charge < -0.3 is 4.42 Å². The lowest BCUT2D eigenvalue weighted by Gasteiger charge is -2.24. The van der Waals surface area contributed by atoms with E-state index in [9.17, 15) is 23.7 Å². The molecule has 0 radical (unpaired) electrons. The van der Waals surface area contributed by atoms with Crippen molar-refractivity contribution in [3.63, 3.8) is 0 Å². The van der Waals surface area contributed by atoms with Crippen LogP contribution >= 0.6 is 0 Å². The lowest BCUT2D eigenvalue weighted by Crippen LogP contribution is -2.24. The van der Waals surface area contributed by atoms with Crippen LogP contribution in [0.2, 0.25) is 0 Å². The summed E-state index contributed by atoms with van der Waals surface area (Å²) in [5, 5.41) is 19.0. The minimum Gasteiger partial charge on any atom is -0.460 e. The van der Waals surface area contributed by atoms with Gasteiger partial charge in [0.15, 0.2) is 0 Å². The first-order valence-electron chi connectivity index (χ1n) is 8.10. The molecule has 7 heteroatoms. The fourth-order valence-corrected chi connectivity index (χ4v) is 3.26. The van der Waals surface area contributed by atoms with Gasteiger partial charge in [-0.05, 0) is 32.0 Å². The van der Waals surface area contributed by atoms with E-state index in [0.717, 1.165) is 6.07 Å². The molecule has 136 valence electrons. The standard InChI is InChI=1S/C20H14F3N3O/c1-11-14(9-24)19(15(10-25)12(2)26-11)18-8-7-17(27-18)13-5-3-4-6-16(13)20(21,22)23/h3-8,14,19H,1-2H3. The minimum absolute atomic E-state index is 0.0322. The molecule has 0 bridgehead atoms. The number of rotatable bonds is 2. The summed E-state index contributed by atoms with van der Waals surface area (Å²) in [5.74, 6) is -1.13. The fraction of sp³-hybridized carbons (Fsp3) is 0.250. The van der Waals surface area contributed by atoms with E-state index in [-0.39, 0.29) is 22.7 Å². The van der Waals surface area contributed by atoms with E-state index in [1.807, 2.05) is 0 Å². The van der Waals surface area contributed by atoms with Gasteiger partial charge in [-0.1, -0.05) is 18.2 Å². The second kappa shape index (κ2) is 6.77. The Hall–Kier alpha value is -3.32. The predicted molar refractivity (Wildman–Crippen MR) is 92.4 cm³/mol. The normalized spacial score (nSPS) is 20.0. The van der Waals surface area contributed by atoms with Crippen LogP contribution in [0.1, 0.15) is 31.1 Å². The van der Waals surface area contributed by atoms with Gasteiger partial charge in [-0.3, -0.25) is 4.99 Å². The Labute approximate surface area is 153 Å². The first-order chi connectivity index (χ1) is 12.8. The molecule has 1 aromatic heterocycles. The maximum atomic E-state index is 13.3. The van der Waals surface area contributed by atoms with Gasteiger partial charge in [0.2, 0.25) is 0 Å². The highest BCUT2D eigenvalue weighted by atomic mass is 19.4. The number of furan rings is 1. The third kappa shape index (κ3) is 3.24. The first kappa shape index (κ1) is 18.5. The number of hydrogen-bond donors (Lipinski definition) is 0. The highest BCUT2D eigenvalue weighted by Crippen LogP contribution is 2.42. The van der Waals surface area contributed by atoms with Crippen molar-refractivity contribution >= 4 is 5.71 Å². The number of halogens is 3. The van der Waals surface area contributed by atoms with Gasteiger partial charge >= 0.3 is 6.18 Å². The highest BCUT2D eigenvalue weighted by Gasteiger charge is 2.37. The number of allylic oxidation sites excluding steroid dienone is 2. The molecule has 27 heavy (non-hydrogen) atoms. The third-order valence-corrected chi connectivity index (χ3v) is 4.52. The highest BCUT2D eigenvalue weighted by molar-refractivity contribution is 5.90. The van der Waals surface area contributed by atoms with Crippen molar-refractivity contribution < 1.29 is 17.6 Å². The van der Waals surface area contributed by atoms with Crippen molar-refractivity contribution in [1.82, 2.24) is 0 Å². The number of alkyl halides is 3. The topological polar surface area (TPSA) is 73.1 Å². The van der Waals surface area contributed by atoms with E-state index in [0.29, 0.717) is 11.4 Å². The van der Waals surface area contributed by atoms with E-state index in [4.69, 9.17) is 4.42 Å². The van der Waals surface area contributed by atoms with Gasteiger partial charge in [-0.2, -0.15) is 23.7 Å². The molecule has 1 aliphatic heterocycles. The summed E-state index contributed by atoms with van der Waals surface area (Å²) in [6.45, 7) is 3.34. The zero-order valence-electron chi connectivity index (χ0n) is 14.5. The number of nitriles is 2. The molecule has 0 saturated heterocycles. The maximum absolute atomic E-state index is 13.3. The monoisotopic (exact) mass is 369 g/mol. The summed E-state index contributed by atoms with van der Waals surface area (Å²) < 4.78 is 45.6. The van der Waals surface area contributed by atoms with Gasteiger partial charge in [0, 0.05) is 11.3 Å². The lowest BCUT2D eigenvalue weighted by molar-refractivity contribution is -0.137. The largest absolute Gasteiger partial charge is 0.460 e. The summed E-state index contributed by atoms with van der Waals surface area (Å²) >= 11 is 0. The summed E-state index contributed by atoms with van der Waals surface area (Å²) in [4.78, 5) is 4.24. The van der Waals surface area contributed by atoms with Crippen LogP contribution in [0.4, 0.5) is 13.2 Å². The maximum Gasteiger partial charge on any atom is 0.417 e. The van der Waals surface area contributed by atoms with Crippen molar-refractivity contribution in [2.45, 2.75) is 25.9 Å². The average Bonchev–Trinajstić information content (AvgIpc) is 3.10. The van der Waals surface area contributed by atoms with Crippen LogP contribution in [-0.4, -0.2) is 5.71 Å². The van der Waals surface area contributed by atoms with Crippen LogP contribution in [-0.2, 0) is 6.18 Å². The van der Waals surface area contributed by atoms with Gasteiger partial charge in [-0.25, -0.2) is 0 Å². The summed E-state index contributed by atoms with van der Waals surface area (Å²) in [5.41, 5.74) is 0.381. The van der Waals surface area contributed by atoms with Gasteiger partial charge in [0.1, 0.15) is 11.5 Å². The molecule has 1 aliphatic rings. The smallest absolute Gasteiger partial charge is 0.417 e. The number of benzene rings is 1. The molecular weight excluding hydrogens is 355 g/mol. The quantitative estimate of drug-likeness (QED) is 0.705. The van der Waals surface area contributed by atoms with Crippen LogP contribution in [0.25, 0.3) is 11.3 Å². The van der Waals surface area contributed by atoms with E-state index >= 15 is 0 Å². The minimum atomic E-state index is -4.53. The molecule has 0 fully saturated rings.